The Kier molecular flexibility index (Phi) is 9.05. The second kappa shape index (κ2) is 12.9. The van der Waals surface area contributed by atoms with Crippen molar-refractivity contribution in [3.63, 3.8) is 0 Å². The van der Waals surface area contributed by atoms with Gasteiger partial charge in [-0.3, -0.25) is 4.90 Å². The van der Waals surface area contributed by atoms with E-state index in [-0.39, 0.29) is 24.1 Å². The quantitative estimate of drug-likeness (QED) is 0.246. The molecule has 0 radical (unpaired) electrons. The molecule has 230 valence electrons. The van der Waals surface area contributed by atoms with E-state index in [1.807, 2.05) is 37.8 Å². The molecule has 5 rings (SSSR count). The maximum absolute atomic E-state index is 15.2. The van der Waals surface area contributed by atoms with Crippen molar-refractivity contribution in [3.05, 3.63) is 100 Å². The lowest BCUT2D eigenvalue weighted by atomic mass is 10.1. The maximum atomic E-state index is 15.2. The zero-order chi connectivity index (χ0) is 31.5. The molecule has 1 N–H and O–H groups in total. The van der Waals surface area contributed by atoms with Crippen molar-refractivity contribution < 1.29 is 22.7 Å². The van der Waals surface area contributed by atoms with Gasteiger partial charge in [0.2, 0.25) is 5.95 Å². The van der Waals surface area contributed by atoms with E-state index >= 15 is 4.39 Å². The summed E-state index contributed by atoms with van der Waals surface area (Å²) in [5.74, 6) is -1.77. The monoisotopic (exact) mass is 604 g/mol. The Hall–Kier alpha value is -4.64. The number of nitrogens with zero attached hydrogens (tertiary/aromatic N) is 5. The average molecular weight is 605 g/mol. The number of aryl methyl sites for hydroxylation is 3. The predicted molar refractivity (Wildman–Crippen MR) is 165 cm³/mol. The minimum Gasteiger partial charge on any atom is -0.409 e. The van der Waals surface area contributed by atoms with Gasteiger partial charge in [0.15, 0.2) is 11.6 Å². The van der Waals surface area contributed by atoms with E-state index in [1.165, 1.54) is 29.3 Å². The molecule has 1 aromatic heterocycles. The van der Waals surface area contributed by atoms with Gasteiger partial charge in [-0.1, -0.05) is 23.8 Å². The molecular weight excluding hydrogens is 569 g/mol. The predicted octanol–water partition coefficient (Wildman–Crippen LogP) is 6.91. The van der Waals surface area contributed by atoms with Crippen LogP contribution in [0.3, 0.4) is 0 Å². The van der Waals surface area contributed by atoms with Crippen molar-refractivity contribution in [1.82, 2.24) is 14.9 Å². The third-order valence-corrected chi connectivity index (χ3v) is 7.76. The molecule has 0 saturated carbocycles. The number of nitrogens with one attached hydrogen (secondary N) is 1. The van der Waals surface area contributed by atoms with Crippen LogP contribution in [0.2, 0.25) is 0 Å². The van der Waals surface area contributed by atoms with E-state index in [0.717, 1.165) is 48.5 Å². The summed E-state index contributed by atoms with van der Waals surface area (Å²) in [5, 5.41) is 3.00. The molecule has 1 amide bonds. The number of hydrogen-bond donors (Lipinski definition) is 1. The highest BCUT2D eigenvalue weighted by Gasteiger charge is 2.25. The number of hydrogen-bond acceptors (Lipinski definition) is 7. The van der Waals surface area contributed by atoms with Crippen LogP contribution in [0, 0.1) is 38.2 Å². The molecule has 3 aromatic carbocycles. The zero-order valence-electron chi connectivity index (χ0n) is 25.4. The fraction of sp³-hybridized carbons (Fsp3) is 0.303. The fourth-order valence-corrected chi connectivity index (χ4v) is 5.33. The Morgan fingerprint density at radius 3 is 2.41 bits per heavy atom. The Morgan fingerprint density at radius 2 is 1.73 bits per heavy atom. The van der Waals surface area contributed by atoms with Crippen LogP contribution in [0.5, 0.6) is 5.75 Å². The molecule has 2 heterocycles. The van der Waals surface area contributed by atoms with Gasteiger partial charge in [-0.05, 0) is 87.8 Å². The summed E-state index contributed by atoms with van der Waals surface area (Å²) in [6.45, 7) is 9.85. The lowest BCUT2D eigenvalue weighted by Crippen LogP contribution is -2.50. The van der Waals surface area contributed by atoms with Crippen LogP contribution in [-0.2, 0) is 6.54 Å². The van der Waals surface area contributed by atoms with Crippen molar-refractivity contribution in [2.75, 3.05) is 41.8 Å². The van der Waals surface area contributed by atoms with Gasteiger partial charge < -0.3 is 19.9 Å². The first kappa shape index (κ1) is 30.8. The van der Waals surface area contributed by atoms with Crippen LogP contribution >= 0.6 is 0 Å². The van der Waals surface area contributed by atoms with E-state index in [1.54, 1.807) is 12.1 Å². The zero-order valence-corrected chi connectivity index (χ0v) is 25.4. The minimum absolute atomic E-state index is 0.105. The summed E-state index contributed by atoms with van der Waals surface area (Å²) in [7, 11) is 2.06. The van der Waals surface area contributed by atoms with Gasteiger partial charge in [-0.2, -0.15) is 4.98 Å². The first-order valence-corrected chi connectivity index (χ1v) is 14.3. The molecule has 1 aliphatic heterocycles. The van der Waals surface area contributed by atoms with Gasteiger partial charge in [0.05, 0.1) is 12.2 Å². The lowest BCUT2D eigenvalue weighted by molar-refractivity contribution is 0.206. The standard InChI is InChI=1S/C33H35F3N6O2/c1-20-14-21(2)31(22(3)15-20)44-33(43)42(19-24-6-8-26(34)27(35)16-24)30-10-11-37-32(39-30)38-25-7-9-29(28(36)17-25)41-13-12-40(5)23(4)18-41/h6-11,14-17,23H,12-13,18-19H2,1-5H3,(H,37,38,39). The molecule has 1 atom stereocenters. The van der Waals surface area contributed by atoms with E-state index in [0.29, 0.717) is 28.7 Å². The van der Waals surface area contributed by atoms with Crippen LogP contribution in [-0.4, -0.2) is 53.7 Å². The molecule has 1 aliphatic rings. The van der Waals surface area contributed by atoms with E-state index in [9.17, 15) is 13.6 Å². The number of carbonyl (C=O) groups is 1. The van der Waals surface area contributed by atoms with Crippen molar-refractivity contribution in [3.8, 4) is 5.75 Å². The highest BCUT2D eigenvalue weighted by atomic mass is 19.2. The number of likely N-dealkylation sites (N-methyl/N-ethyl adjacent to an activating group) is 1. The third-order valence-electron chi connectivity index (χ3n) is 7.76. The second-order valence-electron chi connectivity index (χ2n) is 11.2. The molecule has 1 saturated heterocycles. The van der Waals surface area contributed by atoms with Gasteiger partial charge in [0.25, 0.3) is 0 Å². The SMILES string of the molecule is Cc1cc(C)c(OC(=O)N(Cc2ccc(F)c(F)c2)c2ccnc(Nc3ccc(N4CCN(C)C(C)C4)c(F)c3)n2)c(C)c1. The van der Waals surface area contributed by atoms with E-state index in [4.69, 9.17) is 4.74 Å². The summed E-state index contributed by atoms with van der Waals surface area (Å²) < 4.78 is 48.7. The molecule has 8 nitrogen and oxygen atoms in total. The van der Waals surface area contributed by atoms with Gasteiger partial charge in [0.1, 0.15) is 17.4 Å². The molecule has 0 spiro atoms. The van der Waals surface area contributed by atoms with Crippen LogP contribution < -0.4 is 19.9 Å². The summed E-state index contributed by atoms with van der Waals surface area (Å²) in [4.78, 5) is 27.8. The van der Waals surface area contributed by atoms with Crippen LogP contribution in [0.4, 0.5) is 41.1 Å². The van der Waals surface area contributed by atoms with Crippen LogP contribution in [0.1, 0.15) is 29.2 Å². The van der Waals surface area contributed by atoms with E-state index < -0.39 is 17.7 Å². The highest BCUT2D eigenvalue weighted by molar-refractivity contribution is 5.88. The van der Waals surface area contributed by atoms with Crippen molar-refractivity contribution in [1.29, 1.82) is 0 Å². The molecular formula is C33H35F3N6O2. The summed E-state index contributed by atoms with van der Waals surface area (Å²) in [6.07, 6.45) is 0.667. The number of ether oxygens (including phenoxy) is 1. The number of amides is 1. The highest BCUT2D eigenvalue weighted by Crippen LogP contribution is 2.29. The van der Waals surface area contributed by atoms with E-state index in [2.05, 4.69) is 34.2 Å². The van der Waals surface area contributed by atoms with Crippen molar-refractivity contribution >= 4 is 29.2 Å². The number of rotatable bonds is 7. The lowest BCUT2D eigenvalue weighted by Gasteiger charge is -2.39. The third kappa shape index (κ3) is 6.94. The number of carbonyl (C=O) groups excluding carboxylic acids is 1. The average Bonchev–Trinajstić information content (AvgIpc) is 2.97. The molecule has 0 aliphatic carbocycles. The molecule has 1 fully saturated rings. The van der Waals surface area contributed by atoms with Gasteiger partial charge >= 0.3 is 6.09 Å². The van der Waals surface area contributed by atoms with Gasteiger partial charge in [-0.15, -0.1) is 0 Å². The number of aromatic nitrogens is 2. The van der Waals surface area contributed by atoms with Crippen LogP contribution in [0.25, 0.3) is 0 Å². The van der Waals surface area contributed by atoms with Crippen molar-refractivity contribution in [2.45, 2.75) is 40.3 Å². The number of anilines is 4. The number of benzene rings is 3. The van der Waals surface area contributed by atoms with Crippen molar-refractivity contribution in [2.24, 2.45) is 0 Å². The summed E-state index contributed by atoms with van der Waals surface area (Å²) in [5.41, 5.74) is 3.82. The fourth-order valence-electron chi connectivity index (χ4n) is 5.33. The molecule has 44 heavy (non-hydrogen) atoms. The molecule has 0 bridgehead atoms. The van der Waals surface area contributed by atoms with Crippen LogP contribution in [0.15, 0.2) is 60.8 Å². The molecule has 4 aromatic rings. The normalized spacial score (nSPS) is 15.3. The van der Waals surface area contributed by atoms with Gasteiger partial charge in [0, 0.05) is 37.6 Å². The largest absolute Gasteiger partial charge is 0.421 e. The Balaban J connectivity index is 1.41. The summed E-state index contributed by atoms with van der Waals surface area (Å²) >= 11 is 0. The van der Waals surface area contributed by atoms with Gasteiger partial charge in [-0.25, -0.2) is 22.9 Å². The number of halogens is 3. The number of piperazine rings is 1. The first-order chi connectivity index (χ1) is 21.0. The second-order valence-corrected chi connectivity index (χ2v) is 11.2. The Morgan fingerprint density at radius 1 is 0.977 bits per heavy atom. The smallest absolute Gasteiger partial charge is 0.409 e. The molecule has 11 heteroatoms. The first-order valence-electron chi connectivity index (χ1n) is 14.3. The topological polar surface area (TPSA) is 73.8 Å². The summed E-state index contributed by atoms with van der Waals surface area (Å²) in [6, 6.07) is 13.8. The maximum Gasteiger partial charge on any atom is 0.421 e. The molecule has 1 unspecified atom stereocenters. The Labute approximate surface area is 255 Å². The Bertz CT molecular complexity index is 1660. The minimum atomic E-state index is -1.04.